The molecule has 0 heterocycles. The number of rotatable bonds is 3. The minimum atomic E-state index is -2.16. The van der Waals surface area contributed by atoms with E-state index in [0.29, 0.717) is 10.6 Å². The molecule has 112 valence electrons. The van der Waals surface area contributed by atoms with E-state index in [-0.39, 0.29) is 0 Å². The molecule has 2 rings (SSSR count). The van der Waals surface area contributed by atoms with Crippen LogP contribution in [-0.4, -0.2) is 0 Å². The highest BCUT2D eigenvalue weighted by Gasteiger charge is 2.25. The molecule has 1 nitrogen and oxygen atoms in total. The van der Waals surface area contributed by atoms with Crippen molar-refractivity contribution in [2.45, 2.75) is 17.6 Å². The molecule has 0 fully saturated rings. The lowest BCUT2D eigenvalue weighted by Crippen LogP contribution is -2.06. The second kappa shape index (κ2) is 5.93. The van der Waals surface area contributed by atoms with Gasteiger partial charge < -0.3 is 5.73 Å². The molecule has 0 saturated carbocycles. The Balaban J connectivity index is 2.32. The summed E-state index contributed by atoms with van der Waals surface area (Å²) in [7, 11) is 0. The van der Waals surface area contributed by atoms with Gasteiger partial charge in [0.05, 0.1) is 0 Å². The van der Waals surface area contributed by atoms with Crippen molar-refractivity contribution in [3.63, 3.8) is 0 Å². The van der Waals surface area contributed by atoms with Gasteiger partial charge in [0.1, 0.15) is 0 Å². The van der Waals surface area contributed by atoms with E-state index in [9.17, 15) is 22.0 Å². The number of anilines is 1. The number of benzene rings is 2. The van der Waals surface area contributed by atoms with Gasteiger partial charge in [-0.25, -0.2) is 22.0 Å². The molecule has 0 spiro atoms. The van der Waals surface area contributed by atoms with Crippen molar-refractivity contribution in [1.82, 2.24) is 0 Å². The summed E-state index contributed by atoms with van der Waals surface area (Å²) in [5.41, 5.74) is 6.14. The lowest BCUT2D eigenvalue weighted by molar-refractivity contribution is 0.372. The van der Waals surface area contributed by atoms with Crippen LogP contribution in [0.3, 0.4) is 0 Å². The van der Waals surface area contributed by atoms with E-state index in [0.717, 1.165) is 17.3 Å². The molecule has 0 amide bonds. The summed E-state index contributed by atoms with van der Waals surface area (Å²) in [6, 6.07) is 5.01. The van der Waals surface area contributed by atoms with Crippen LogP contribution in [0.4, 0.5) is 27.6 Å². The average molecular weight is 319 g/mol. The fourth-order valence-electron chi connectivity index (χ4n) is 1.73. The SMILES string of the molecule is Cc1ccc(SCc2c(F)c(F)c(F)c(F)c2F)c(N)c1. The zero-order chi connectivity index (χ0) is 15.7. The van der Waals surface area contributed by atoms with E-state index in [1.807, 2.05) is 6.92 Å². The van der Waals surface area contributed by atoms with Crippen LogP contribution >= 0.6 is 11.8 Å². The molecule has 0 saturated heterocycles. The van der Waals surface area contributed by atoms with Crippen molar-refractivity contribution in [2.24, 2.45) is 0 Å². The molecular formula is C14H10F5NS. The van der Waals surface area contributed by atoms with Gasteiger partial charge in [-0.3, -0.25) is 0 Å². The quantitative estimate of drug-likeness (QED) is 0.295. The van der Waals surface area contributed by atoms with Crippen LogP contribution in [0.1, 0.15) is 11.1 Å². The van der Waals surface area contributed by atoms with Crippen molar-refractivity contribution in [2.75, 3.05) is 5.73 Å². The summed E-state index contributed by atoms with van der Waals surface area (Å²) in [6.45, 7) is 1.81. The van der Waals surface area contributed by atoms with E-state index in [2.05, 4.69) is 0 Å². The maximum absolute atomic E-state index is 13.5. The Bertz CT molecular complexity index is 673. The number of halogens is 5. The molecule has 0 unspecified atom stereocenters. The Morgan fingerprint density at radius 1 is 0.905 bits per heavy atom. The standard InChI is InChI=1S/C14H10F5NS/c1-6-2-3-9(8(20)4-6)21-5-7-10(15)12(17)14(19)13(18)11(7)16/h2-4H,5,20H2,1H3. The number of nitrogens with two attached hydrogens (primary N) is 1. The van der Waals surface area contributed by atoms with E-state index in [1.54, 1.807) is 18.2 Å². The summed E-state index contributed by atoms with van der Waals surface area (Å²) >= 11 is 0.900. The van der Waals surface area contributed by atoms with Gasteiger partial charge in [-0.15, -0.1) is 11.8 Å². The van der Waals surface area contributed by atoms with Crippen LogP contribution in [0.2, 0.25) is 0 Å². The second-order valence-electron chi connectivity index (χ2n) is 4.38. The van der Waals surface area contributed by atoms with E-state index in [1.165, 1.54) is 0 Å². The topological polar surface area (TPSA) is 26.0 Å². The number of aryl methyl sites for hydroxylation is 1. The molecule has 2 N–H and O–H groups in total. The minimum Gasteiger partial charge on any atom is -0.398 e. The summed E-state index contributed by atoms with van der Waals surface area (Å²) in [6.07, 6.45) is 0. The van der Waals surface area contributed by atoms with Gasteiger partial charge in [-0.05, 0) is 24.6 Å². The Labute approximate surface area is 122 Å². The fourth-order valence-corrected chi connectivity index (χ4v) is 2.67. The summed E-state index contributed by atoms with van der Waals surface area (Å²) < 4.78 is 66.1. The van der Waals surface area contributed by atoms with Gasteiger partial charge >= 0.3 is 0 Å². The maximum atomic E-state index is 13.5. The third kappa shape index (κ3) is 2.97. The first kappa shape index (κ1) is 15.6. The zero-order valence-corrected chi connectivity index (χ0v) is 11.6. The Kier molecular flexibility index (Phi) is 4.41. The van der Waals surface area contributed by atoms with Gasteiger partial charge in [-0.1, -0.05) is 6.07 Å². The number of thioether (sulfide) groups is 1. The summed E-state index contributed by atoms with van der Waals surface area (Å²) in [5, 5.41) is 0. The first-order chi connectivity index (χ1) is 9.82. The first-order valence-electron chi connectivity index (χ1n) is 5.82. The molecule has 21 heavy (non-hydrogen) atoms. The first-order valence-corrected chi connectivity index (χ1v) is 6.80. The van der Waals surface area contributed by atoms with Crippen molar-refractivity contribution in [3.8, 4) is 0 Å². The van der Waals surface area contributed by atoms with Crippen molar-refractivity contribution >= 4 is 17.4 Å². The zero-order valence-electron chi connectivity index (χ0n) is 10.8. The highest BCUT2D eigenvalue weighted by Crippen LogP contribution is 2.32. The molecule has 0 aliphatic carbocycles. The third-order valence-electron chi connectivity index (χ3n) is 2.84. The molecule has 0 atom stereocenters. The van der Waals surface area contributed by atoms with E-state index >= 15 is 0 Å². The lowest BCUT2D eigenvalue weighted by atomic mass is 10.2. The van der Waals surface area contributed by atoms with Gasteiger partial charge in [0, 0.05) is 21.9 Å². The molecule has 7 heteroatoms. The van der Waals surface area contributed by atoms with Crippen LogP contribution in [0.25, 0.3) is 0 Å². The average Bonchev–Trinajstić information content (AvgIpc) is 2.45. The highest BCUT2D eigenvalue weighted by atomic mass is 32.2. The van der Waals surface area contributed by atoms with Crippen molar-refractivity contribution < 1.29 is 22.0 Å². The third-order valence-corrected chi connectivity index (χ3v) is 3.95. The molecule has 2 aromatic carbocycles. The van der Waals surface area contributed by atoms with E-state index < -0.39 is 40.4 Å². The largest absolute Gasteiger partial charge is 0.398 e. The number of hydrogen-bond acceptors (Lipinski definition) is 2. The van der Waals surface area contributed by atoms with Crippen molar-refractivity contribution in [1.29, 1.82) is 0 Å². The fraction of sp³-hybridized carbons (Fsp3) is 0.143. The van der Waals surface area contributed by atoms with Gasteiger partial charge in [0.15, 0.2) is 23.3 Å². The molecule has 0 aliphatic rings. The highest BCUT2D eigenvalue weighted by molar-refractivity contribution is 7.98. The molecule has 0 bridgehead atoms. The van der Waals surface area contributed by atoms with Crippen LogP contribution in [0.15, 0.2) is 23.1 Å². The predicted molar refractivity (Wildman–Crippen MR) is 71.4 cm³/mol. The van der Waals surface area contributed by atoms with Crippen LogP contribution in [0.5, 0.6) is 0 Å². The molecule has 0 radical (unpaired) electrons. The molecule has 0 aliphatic heterocycles. The molecule has 2 aromatic rings. The Morgan fingerprint density at radius 2 is 1.43 bits per heavy atom. The Morgan fingerprint density at radius 3 is 1.95 bits per heavy atom. The Hall–Kier alpha value is -1.76. The van der Waals surface area contributed by atoms with Gasteiger partial charge in [0.2, 0.25) is 5.82 Å². The normalized spacial score (nSPS) is 11.0. The maximum Gasteiger partial charge on any atom is 0.200 e. The predicted octanol–water partition coefficient (Wildman–Crippen LogP) is 4.57. The number of nitrogen functional groups attached to an aromatic ring is 1. The monoisotopic (exact) mass is 319 g/mol. The van der Waals surface area contributed by atoms with Gasteiger partial charge in [-0.2, -0.15) is 0 Å². The molecule has 0 aromatic heterocycles. The minimum absolute atomic E-state index is 0.379. The van der Waals surface area contributed by atoms with Crippen LogP contribution < -0.4 is 5.73 Å². The lowest BCUT2D eigenvalue weighted by Gasteiger charge is -2.09. The van der Waals surface area contributed by atoms with E-state index in [4.69, 9.17) is 5.73 Å². The van der Waals surface area contributed by atoms with Crippen molar-refractivity contribution in [3.05, 3.63) is 58.4 Å². The second-order valence-corrected chi connectivity index (χ2v) is 5.40. The molecular weight excluding hydrogens is 309 g/mol. The summed E-state index contributed by atoms with van der Waals surface area (Å²) in [5.74, 6) is -10.1. The van der Waals surface area contributed by atoms with Gasteiger partial charge in [0.25, 0.3) is 0 Å². The summed E-state index contributed by atoms with van der Waals surface area (Å²) in [4.78, 5) is 0.504. The number of hydrogen-bond donors (Lipinski definition) is 1. The van der Waals surface area contributed by atoms with Crippen LogP contribution in [-0.2, 0) is 5.75 Å². The smallest absolute Gasteiger partial charge is 0.200 e. The van der Waals surface area contributed by atoms with Crippen LogP contribution in [0, 0.1) is 36.0 Å².